The molecule has 2 aromatic carbocycles. The van der Waals surface area contributed by atoms with Gasteiger partial charge in [-0.25, -0.2) is 0 Å². The highest BCUT2D eigenvalue weighted by atomic mass is 16.3. The lowest BCUT2D eigenvalue weighted by Gasteiger charge is -2.11. The molecular weight excluding hydrogens is 210 g/mol. The van der Waals surface area contributed by atoms with Gasteiger partial charge in [-0.05, 0) is 42.7 Å². The molecular formula is C15H15NO. The first kappa shape index (κ1) is 10.2. The molecule has 0 amide bonds. The Hall–Kier alpha value is -1.96. The molecule has 2 heteroatoms. The van der Waals surface area contributed by atoms with Crippen LogP contribution >= 0.6 is 0 Å². The Kier molecular flexibility index (Phi) is 2.29. The molecule has 0 bridgehead atoms. The first-order valence-electron chi connectivity index (χ1n) is 5.87. The van der Waals surface area contributed by atoms with E-state index in [0.717, 1.165) is 12.1 Å². The van der Waals surface area contributed by atoms with E-state index < -0.39 is 0 Å². The molecule has 3 rings (SSSR count). The molecule has 1 aliphatic heterocycles. The quantitative estimate of drug-likeness (QED) is 0.729. The summed E-state index contributed by atoms with van der Waals surface area (Å²) < 4.78 is 0. The molecule has 17 heavy (non-hydrogen) atoms. The van der Waals surface area contributed by atoms with E-state index in [1.165, 1.54) is 16.7 Å². The Morgan fingerprint density at radius 2 is 1.88 bits per heavy atom. The third-order valence-corrected chi connectivity index (χ3v) is 3.32. The van der Waals surface area contributed by atoms with E-state index in [2.05, 4.69) is 36.5 Å². The second-order valence-electron chi connectivity index (χ2n) is 4.65. The van der Waals surface area contributed by atoms with E-state index >= 15 is 0 Å². The van der Waals surface area contributed by atoms with Crippen molar-refractivity contribution in [3.8, 4) is 5.75 Å². The van der Waals surface area contributed by atoms with Crippen LogP contribution in [0, 0.1) is 6.92 Å². The summed E-state index contributed by atoms with van der Waals surface area (Å²) in [4.78, 5) is 0. The average Bonchev–Trinajstić information content (AvgIpc) is 2.72. The van der Waals surface area contributed by atoms with Crippen LogP contribution in [0.25, 0.3) is 0 Å². The minimum atomic E-state index is 0.326. The SMILES string of the molecule is Cc1ccc(C2Cc3cc(O)ccc3N2)cc1. The number of phenols is 1. The molecule has 2 aromatic rings. The maximum absolute atomic E-state index is 9.46. The second kappa shape index (κ2) is 3.81. The molecule has 0 saturated carbocycles. The van der Waals surface area contributed by atoms with Crippen LogP contribution in [0.3, 0.4) is 0 Å². The summed E-state index contributed by atoms with van der Waals surface area (Å²) >= 11 is 0. The van der Waals surface area contributed by atoms with Crippen LogP contribution < -0.4 is 5.32 Å². The largest absolute Gasteiger partial charge is 0.508 e. The van der Waals surface area contributed by atoms with Crippen LogP contribution in [0.2, 0.25) is 0 Å². The number of hydrogen-bond acceptors (Lipinski definition) is 2. The van der Waals surface area contributed by atoms with E-state index in [1.54, 1.807) is 6.07 Å². The zero-order valence-electron chi connectivity index (χ0n) is 9.77. The average molecular weight is 225 g/mol. The van der Waals surface area contributed by atoms with E-state index in [1.807, 2.05) is 12.1 Å². The lowest BCUT2D eigenvalue weighted by atomic mass is 10.0. The van der Waals surface area contributed by atoms with E-state index in [-0.39, 0.29) is 0 Å². The molecule has 0 fully saturated rings. The monoisotopic (exact) mass is 225 g/mol. The van der Waals surface area contributed by atoms with Gasteiger partial charge in [-0.15, -0.1) is 0 Å². The van der Waals surface area contributed by atoms with E-state index in [4.69, 9.17) is 0 Å². The standard InChI is InChI=1S/C15H15NO/c1-10-2-4-11(5-3-10)15-9-12-8-13(17)6-7-14(12)16-15/h2-8,15-17H,9H2,1H3. The maximum Gasteiger partial charge on any atom is 0.116 e. The smallest absolute Gasteiger partial charge is 0.116 e. The van der Waals surface area contributed by atoms with Gasteiger partial charge in [0, 0.05) is 5.69 Å². The molecule has 0 saturated heterocycles. The lowest BCUT2D eigenvalue weighted by molar-refractivity contribution is 0.475. The summed E-state index contributed by atoms with van der Waals surface area (Å²) in [6, 6.07) is 14.4. The van der Waals surface area contributed by atoms with Gasteiger partial charge in [0.25, 0.3) is 0 Å². The third kappa shape index (κ3) is 1.86. The van der Waals surface area contributed by atoms with Crippen LogP contribution in [0.4, 0.5) is 5.69 Å². The fourth-order valence-electron chi connectivity index (χ4n) is 2.35. The summed E-state index contributed by atoms with van der Waals surface area (Å²) in [7, 11) is 0. The zero-order chi connectivity index (χ0) is 11.8. The number of nitrogens with one attached hydrogen (secondary N) is 1. The first-order chi connectivity index (χ1) is 8.22. The summed E-state index contributed by atoms with van der Waals surface area (Å²) in [6.45, 7) is 2.10. The molecule has 0 aliphatic carbocycles. The predicted molar refractivity (Wildman–Crippen MR) is 69.4 cm³/mol. The van der Waals surface area contributed by atoms with Crippen molar-refractivity contribution in [3.63, 3.8) is 0 Å². The number of phenolic OH excluding ortho intramolecular Hbond substituents is 1. The number of anilines is 1. The Labute approximate surface area is 101 Å². The van der Waals surface area contributed by atoms with E-state index in [0.29, 0.717) is 11.8 Å². The van der Waals surface area contributed by atoms with Crippen LogP contribution in [0.15, 0.2) is 42.5 Å². The molecule has 1 heterocycles. The Morgan fingerprint density at radius 1 is 1.12 bits per heavy atom. The van der Waals surface area contributed by atoms with Gasteiger partial charge >= 0.3 is 0 Å². The van der Waals surface area contributed by atoms with E-state index in [9.17, 15) is 5.11 Å². The third-order valence-electron chi connectivity index (χ3n) is 3.32. The van der Waals surface area contributed by atoms with Crippen molar-refractivity contribution in [2.45, 2.75) is 19.4 Å². The van der Waals surface area contributed by atoms with Gasteiger partial charge in [-0.2, -0.15) is 0 Å². The minimum absolute atomic E-state index is 0.326. The molecule has 2 nitrogen and oxygen atoms in total. The number of fused-ring (bicyclic) bond motifs is 1. The highest BCUT2D eigenvalue weighted by molar-refractivity contribution is 5.60. The number of benzene rings is 2. The fraction of sp³-hybridized carbons (Fsp3) is 0.200. The van der Waals surface area contributed by atoms with Gasteiger partial charge in [0.2, 0.25) is 0 Å². The first-order valence-corrected chi connectivity index (χ1v) is 5.87. The van der Waals surface area contributed by atoms with Crippen molar-refractivity contribution in [3.05, 3.63) is 59.2 Å². The Morgan fingerprint density at radius 3 is 2.65 bits per heavy atom. The number of hydrogen-bond donors (Lipinski definition) is 2. The van der Waals surface area contributed by atoms with Gasteiger partial charge in [-0.1, -0.05) is 29.8 Å². The summed E-state index contributed by atoms with van der Waals surface area (Å²) in [5.41, 5.74) is 4.90. The van der Waals surface area contributed by atoms with Crippen LogP contribution in [0.1, 0.15) is 22.7 Å². The van der Waals surface area contributed by atoms with Crippen LogP contribution in [-0.2, 0) is 6.42 Å². The zero-order valence-corrected chi connectivity index (χ0v) is 9.77. The van der Waals surface area contributed by atoms with Crippen molar-refractivity contribution in [1.82, 2.24) is 0 Å². The molecule has 86 valence electrons. The molecule has 2 N–H and O–H groups in total. The van der Waals surface area contributed by atoms with Gasteiger partial charge in [0.15, 0.2) is 0 Å². The molecule has 0 spiro atoms. The molecule has 1 atom stereocenters. The van der Waals surface area contributed by atoms with Crippen molar-refractivity contribution < 1.29 is 5.11 Å². The number of aryl methyl sites for hydroxylation is 1. The van der Waals surface area contributed by atoms with Gasteiger partial charge in [0.05, 0.1) is 6.04 Å². The molecule has 0 radical (unpaired) electrons. The topological polar surface area (TPSA) is 32.3 Å². The van der Waals surface area contributed by atoms with Crippen LogP contribution in [-0.4, -0.2) is 5.11 Å². The van der Waals surface area contributed by atoms with Crippen LogP contribution in [0.5, 0.6) is 5.75 Å². The Balaban J connectivity index is 1.88. The Bertz CT molecular complexity index is 545. The minimum Gasteiger partial charge on any atom is -0.508 e. The fourth-order valence-corrected chi connectivity index (χ4v) is 2.35. The summed E-state index contributed by atoms with van der Waals surface area (Å²) in [5, 5.41) is 12.9. The molecule has 1 aliphatic rings. The summed E-state index contributed by atoms with van der Waals surface area (Å²) in [5.74, 6) is 0.343. The highest BCUT2D eigenvalue weighted by Crippen LogP contribution is 2.35. The normalized spacial score (nSPS) is 17.6. The van der Waals surface area contributed by atoms with Gasteiger partial charge in [0.1, 0.15) is 5.75 Å². The maximum atomic E-state index is 9.46. The summed E-state index contributed by atoms with van der Waals surface area (Å²) in [6.07, 6.45) is 0.937. The number of rotatable bonds is 1. The van der Waals surface area contributed by atoms with Crippen molar-refractivity contribution in [2.75, 3.05) is 5.32 Å². The predicted octanol–water partition coefficient (Wildman–Crippen LogP) is 3.41. The van der Waals surface area contributed by atoms with Gasteiger partial charge in [-0.3, -0.25) is 0 Å². The molecule has 0 aromatic heterocycles. The lowest BCUT2D eigenvalue weighted by Crippen LogP contribution is -2.05. The molecule has 1 unspecified atom stereocenters. The highest BCUT2D eigenvalue weighted by Gasteiger charge is 2.21. The number of aromatic hydroxyl groups is 1. The van der Waals surface area contributed by atoms with Crippen molar-refractivity contribution in [1.29, 1.82) is 0 Å². The van der Waals surface area contributed by atoms with Gasteiger partial charge < -0.3 is 10.4 Å². The van der Waals surface area contributed by atoms with Crippen molar-refractivity contribution >= 4 is 5.69 Å². The second-order valence-corrected chi connectivity index (χ2v) is 4.65. The van der Waals surface area contributed by atoms with Crippen molar-refractivity contribution in [2.24, 2.45) is 0 Å².